The van der Waals surface area contributed by atoms with Crippen molar-refractivity contribution in [3.8, 4) is 0 Å². The Balaban J connectivity index is 1.85. The van der Waals surface area contributed by atoms with Crippen LogP contribution in [0.25, 0.3) is 10.9 Å². The molecule has 27 heavy (non-hydrogen) atoms. The molecule has 3 rings (SSSR count). The molecule has 3 N–H and O–H groups in total. The number of hydrogen-bond acceptors (Lipinski definition) is 4. The summed E-state index contributed by atoms with van der Waals surface area (Å²) in [7, 11) is -4.08. The molecule has 0 aliphatic rings. The second-order valence-corrected chi connectivity index (χ2v) is 7.25. The third-order valence-electron chi connectivity index (χ3n) is 3.59. The van der Waals surface area contributed by atoms with Crippen molar-refractivity contribution in [3.05, 3.63) is 54.2 Å². The van der Waals surface area contributed by atoms with Crippen molar-refractivity contribution >= 4 is 32.5 Å². The lowest BCUT2D eigenvalue weighted by Crippen LogP contribution is -2.33. The van der Waals surface area contributed by atoms with Crippen molar-refractivity contribution in [2.45, 2.75) is 11.1 Å². The van der Waals surface area contributed by atoms with E-state index >= 15 is 0 Å². The van der Waals surface area contributed by atoms with Crippen LogP contribution in [0.4, 0.5) is 18.9 Å². The first-order valence-electron chi connectivity index (χ1n) is 7.56. The number of nitrogens with one attached hydrogen (secondary N) is 3. The van der Waals surface area contributed by atoms with Gasteiger partial charge in [-0.1, -0.05) is 12.1 Å². The van der Waals surface area contributed by atoms with Gasteiger partial charge in [-0.05, 0) is 30.3 Å². The Kier molecular flexibility index (Phi) is 4.79. The van der Waals surface area contributed by atoms with Crippen molar-refractivity contribution in [1.82, 2.24) is 15.5 Å². The molecule has 7 nitrogen and oxygen atoms in total. The maximum atomic E-state index is 12.6. The van der Waals surface area contributed by atoms with Crippen molar-refractivity contribution in [2.24, 2.45) is 0 Å². The van der Waals surface area contributed by atoms with E-state index in [1.807, 2.05) is 0 Å². The maximum Gasteiger partial charge on any atom is 0.405 e. The van der Waals surface area contributed by atoms with Gasteiger partial charge in [-0.2, -0.15) is 18.3 Å². The van der Waals surface area contributed by atoms with E-state index in [1.54, 1.807) is 17.4 Å². The van der Waals surface area contributed by atoms with E-state index in [0.29, 0.717) is 10.9 Å². The Bertz CT molecular complexity index is 1090. The lowest BCUT2D eigenvalue weighted by Gasteiger charge is -2.11. The highest BCUT2D eigenvalue weighted by Gasteiger charge is 2.28. The number of sulfonamides is 1. The number of halogens is 3. The van der Waals surface area contributed by atoms with Crippen molar-refractivity contribution in [2.75, 3.05) is 11.3 Å². The van der Waals surface area contributed by atoms with Crippen LogP contribution in [-0.2, 0) is 10.0 Å². The molecule has 1 amide bonds. The number of fused-ring (bicyclic) bond motifs is 1. The molecule has 0 saturated carbocycles. The van der Waals surface area contributed by atoms with E-state index in [-0.39, 0.29) is 16.1 Å². The van der Waals surface area contributed by atoms with Gasteiger partial charge in [0.15, 0.2) is 0 Å². The predicted molar refractivity (Wildman–Crippen MR) is 91.7 cm³/mol. The molecule has 0 atom stereocenters. The van der Waals surface area contributed by atoms with Crippen LogP contribution < -0.4 is 10.0 Å². The number of amides is 1. The largest absolute Gasteiger partial charge is 0.405 e. The van der Waals surface area contributed by atoms with Crippen LogP contribution in [0.15, 0.2) is 53.6 Å². The number of aromatic amines is 1. The average molecular weight is 398 g/mol. The standard InChI is InChI=1S/C16H13F3N4O3S/c17-16(18,19)9-20-15(24)10-3-1-4-11(7-10)27(25,26)23-14-6-2-5-13-12(14)8-21-22-13/h1-8,23H,9H2,(H,20,24)(H,21,22). The van der Waals surface area contributed by atoms with Gasteiger partial charge >= 0.3 is 6.18 Å². The number of aromatic nitrogens is 2. The SMILES string of the molecule is O=C(NCC(F)(F)F)c1cccc(S(=O)(=O)Nc2cccc3[nH]ncc23)c1. The van der Waals surface area contributed by atoms with Crippen molar-refractivity contribution in [1.29, 1.82) is 0 Å². The molecule has 1 heterocycles. The number of carbonyl (C=O) groups excluding carboxylic acids is 1. The van der Waals surface area contributed by atoms with Crippen molar-refractivity contribution < 1.29 is 26.4 Å². The molecule has 0 radical (unpaired) electrons. The van der Waals surface area contributed by atoms with Crippen LogP contribution in [0.1, 0.15) is 10.4 Å². The first-order chi connectivity index (χ1) is 12.7. The number of carbonyl (C=O) groups is 1. The molecule has 0 spiro atoms. The van der Waals surface area contributed by atoms with Crippen LogP contribution >= 0.6 is 0 Å². The Morgan fingerprint density at radius 2 is 1.89 bits per heavy atom. The Morgan fingerprint density at radius 3 is 2.63 bits per heavy atom. The second kappa shape index (κ2) is 6.91. The van der Waals surface area contributed by atoms with Crippen LogP contribution in [0.2, 0.25) is 0 Å². The molecular weight excluding hydrogens is 385 g/mol. The van der Waals surface area contributed by atoms with Gasteiger partial charge < -0.3 is 5.32 Å². The van der Waals surface area contributed by atoms with E-state index in [4.69, 9.17) is 0 Å². The number of alkyl halides is 3. The third-order valence-corrected chi connectivity index (χ3v) is 4.95. The summed E-state index contributed by atoms with van der Waals surface area (Å²) in [5.41, 5.74) is 0.687. The van der Waals surface area contributed by atoms with Gasteiger partial charge in [0.05, 0.1) is 22.3 Å². The number of hydrogen-bond donors (Lipinski definition) is 3. The van der Waals surface area contributed by atoms with Gasteiger partial charge in [0.2, 0.25) is 0 Å². The summed E-state index contributed by atoms with van der Waals surface area (Å²) in [6, 6.07) is 9.61. The predicted octanol–water partition coefficient (Wildman–Crippen LogP) is 2.66. The van der Waals surface area contributed by atoms with E-state index in [0.717, 1.165) is 6.07 Å². The third kappa shape index (κ3) is 4.37. The topological polar surface area (TPSA) is 104 Å². The van der Waals surface area contributed by atoms with Gasteiger partial charge in [-0.25, -0.2) is 8.42 Å². The number of nitrogens with zero attached hydrogens (tertiary/aromatic N) is 1. The molecule has 0 bridgehead atoms. The Morgan fingerprint density at radius 1 is 1.15 bits per heavy atom. The van der Waals surface area contributed by atoms with Crippen LogP contribution in [0, 0.1) is 0 Å². The summed E-state index contributed by atoms with van der Waals surface area (Å²) in [5, 5.41) is 8.78. The minimum absolute atomic E-state index is 0.205. The highest BCUT2D eigenvalue weighted by molar-refractivity contribution is 7.92. The molecule has 11 heteroatoms. The zero-order valence-corrected chi connectivity index (χ0v) is 14.4. The minimum Gasteiger partial charge on any atom is -0.343 e. The van der Waals surface area contributed by atoms with Crippen LogP contribution in [-0.4, -0.2) is 37.2 Å². The number of H-pyrrole nitrogens is 1. The smallest absolute Gasteiger partial charge is 0.343 e. The molecule has 142 valence electrons. The fourth-order valence-electron chi connectivity index (χ4n) is 2.35. The monoisotopic (exact) mass is 398 g/mol. The summed E-state index contributed by atoms with van der Waals surface area (Å²) >= 11 is 0. The van der Waals surface area contributed by atoms with E-state index < -0.39 is 28.7 Å². The molecule has 3 aromatic rings. The zero-order chi connectivity index (χ0) is 19.7. The van der Waals surface area contributed by atoms with Gasteiger partial charge in [0.1, 0.15) is 6.54 Å². The second-order valence-electron chi connectivity index (χ2n) is 5.57. The summed E-state index contributed by atoms with van der Waals surface area (Å²) in [6.07, 6.45) is -3.11. The first-order valence-corrected chi connectivity index (χ1v) is 9.04. The molecule has 1 aromatic heterocycles. The fraction of sp³-hybridized carbons (Fsp3) is 0.125. The quantitative estimate of drug-likeness (QED) is 0.615. The zero-order valence-electron chi connectivity index (χ0n) is 13.5. The highest BCUT2D eigenvalue weighted by atomic mass is 32.2. The van der Waals surface area contributed by atoms with Gasteiger partial charge in [0.25, 0.3) is 15.9 Å². The molecule has 0 aliphatic carbocycles. The highest BCUT2D eigenvalue weighted by Crippen LogP contribution is 2.24. The molecular formula is C16H13F3N4O3S. The lowest BCUT2D eigenvalue weighted by molar-refractivity contribution is -0.123. The minimum atomic E-state index is -4.57. The summed E-state index contributed by atoms with van der Waals surface area (Å²) in [6.45, 7) is -1.51. The van der Waals surface area contributed by atoms with Crippen LogP contribution in [0.5, 0.6) is 0 Å². The normalized spacial score (nSPS) is 12.1. The molecule has 2 aromatic carbocycles. The summed E-state index contributed by atoms with van der Waals surface area (Å²) in [5.74, 6) is -1.03. The lowest BCUT2D eigenvalue weighted by atomic mass is 10.2. The van der Waals surface area contributed by atoms with E-state index in [9.17, 15) is 26.4 Å². The van der Waals surface area contributed by atoms with Crippen LogP contribution in [0.3, 0.4) is 0 Å². The molecule has 0 unspecified atom stereocenters. The number of benzene rings is 2. The summed E-state index contributed by atoms with van der Waals surface area (Å²) < 4.78 is 64.2. The summed E-state index contributed by atoms with van der Waals surface area (Å²) in [4.78, 5) is 11.6. The Labute approximate surface area is 151 Å². The van der Waals surface area contributed by atoms with Gasteiger partial charge in [0, 0.05) is 10.9 Å². The average Bonchev–Trinajstić information content (AvgIpc) is 3.09. The maximum absolute atomic E-state index is 12.6. The van der Waals surface area contributed by atoms with Gasteiger partial charge in [-0.3, -0.25) is 14.6 Å². The van der Waals surface area contributed by atoms with Gasteiger partial charge in [-0.15, -0.1) is 0 Å². The molecule has 0 saturated heterocycles. The number of rotatable bonds is 5. The van der Waals surface area contributed by atoms with Crippen molar-refractivity contribution in [3.63, 3.8) is 0 Å². The Hall–Kier alpha value is -3.08. The number of anilines is 1. The first kappa shape index (κ1) is 18.7. The van der Waals surface area contributed by atoms with E-state index in [1.165, 1.54) is 30.5 Å². The fourth-order valence-corrected chi connectivity index (χ4v) is 3.47. The molecule has 0 aliphatic heterocycles. The molecule has 0 fully saturated rings. The van der Waals surface area contributed by atoms with E-state index in [2.05, 4.69) is 14.9 Å².